The molecule has 0 aromatic heterocycles. The number of rotatable bonds is 6. The molecule has 0 radical (unpaired) electrons. The van der Waals surface area contributed by atoms with Crippen molar-refractivity contribution in [3.63, 3.8) is 0 Å². The lowest BCUT2D eigenvalue weighted by atomic mass is 9.82. The molecule has 3 aliphatic heterocycles. The highest BCUT2D eigenvalue weighted by Crippen LogP contribution is 2.36. The molecule has 4 aliphatic rings. The summed E-state index contributed by atoms with van der Waals surface area (Å²) in [4.78, 5) is 36.1. The van der Waals surface area contributed by atoms with Crippen molar-refractivity contribution in [2.45, 2.75) is 77.7 Å². The minimum atomic E-state index is -0.538. The SMILES string of the molecule is Cc1cc(C(=O)N2CCCO2)cc(C)c1CCSN1CCC2(CC1)N=C(C1CCC(C)CC1)NC2=O. The Kier molecular flexibility index (Phi) is 7.75. The van der Waals surface area contributed by atoms with E-state index < -0.39 is 5.54 Å². The summed E-state index contributed by atoms with van der Waals surface area (Å²) in [6, 6.07) is 4.01. The molecule has 2 amide bonds. The Balaban J connectivity index is 1.12. The van der Waals surface area contributed by atoms with Crippen LogP contribution in [0.25, 0.3) is 0 Å². The fourth-order valence-corrected chi connectivity index (χ4v) is 7.13. The molecule has 196 valence electrons. The number of hydrogen-bond acceptors (Lipinski definition) is 6. The third-order valence-electron chi connectivity index (χ3n) is 8.50. The normalized spacial score (nSPS) is 26.4. The summed E-state index contributed by atoms with van der Waals surface area (Å²) in [6.07, 6.45) is 8.23. The van der Waals surface area contributed by atoms with E-state index in [2.05, 4.69) is 30.4 Å². The zero-order chi connectivity index (χ0) is 25.3. The molecule has 2 saturated heterocycles. The highest BCUT2D eigenvalue weighted by molar-refractivity contribution is 7.97. The van der Waals surface area contributed by atoms with Crippen molar-refractivity contribution in [2.75, 3.05) is 32.0 Å². The summed E-state index contributed by atoms with van der Waals surface area (Å²) in [6.45, 7) is 9.58. The van der Waals surface area contributed by atoms with Gasteiger partial charge in [0, 0.05) is 30.3 Å². The van der Waals surface area contributed by atoms with E-state index >= 15 is 0 Å². The van der Waals surface area contributed by atoms with Gasteiger partial charge in [0.1, 0.15) is 11.4 Å². The average Bonchev–Trinajstić information content (AvgIpc) is 3.51. The second kappa shape index (κ2) is 10.8. The molecule has 1 aromatic carbocycles. The van der Waals surface area contributed by atoms with Crippen LogP contribution >= 0.6 is 11.9 Å². The average molecular weight is 513 g/mol. The van der Waals surface area contributed by atoms with Crippen LogP contribution in [0.2, 0.25) is 0 Å². The van der Waals surface area contributed by atoms with Gasteiger partial charge in [0.15, 0.2) is 0 Å². The first-order chi connectivity index (χ1) is 17.3. The molecule has 5 rings (SSSR count). The van der Waals surface area contributed by atoms with Crippen molar-refractivity contribution in [3.05, 3.63) is 34.4 Å². The zero-order valence-electron chi connectivity index (χ0n) is 22.0. The number of amides is 2. The van der Waals surface area contributed by atoms with Gasteiger partial charge in [-0.15, -0.1) is 0 Å². The minimum absolute atomic E-state index is 0.0401. The number of piperidine rings is 1. The number of aryl methyl sites for hydroxylation is 2. The van der Waals surface area contributed by atoms with E-state index in [0.29, 0.717) is 24.6 Å². The van der Waals surface area contributed by atoms with Crippen LogP contribution in [0.1, 0.15) is 78.9 Å². The smallest absolute Gasteiger partial charge is 0.277 e. The molecule has 0 bridgehead atoms. The van der Waals surface area contributed by atoms with Crippen LogP contribution < -0.4 is 5.32 Å². The van der Waals surface area contributed by atoms with Crippen LogP contribution in [0.3, 0.4) is 0 Å². The summed E-state index contributed by atoms with van der Waals surface area (Å²) >= 11 is 1.87. The second-order valence-electron chi connectivity index (χ2n) is 11.1. The summed E-state index contributed by atoms with van der Waals surface area (Å²) < 4.78 is 2.40. The van der Waals surface area contributed by atoms with E-state index in [1.54, 1.807) is 0 Å². The van der Waals surface area contributed by atoms with Crippen molar-refractivity contribution in [1.29, 1.82) is 0 Å². The lowest BCUT2D eigenvalue weighted by molar-refractivity contribution is -0.124. The van der Waals surface area contributed by atoms with Crippen LogP contribution in [-0.2, 0) is 16.1 Å². The van der Waals surface area contributed by atoms with Gasteiger partial charge >= 0.3 is 0 Å². The van der Waals surface area contributed by atoms with E-state index in [4.69, 9.17) is 9.83 Å². The third kappa shape index (κ3) is 5.36. The van der Waals surface area contributed by atoms with Crippen molar-refractivity contribution in [1.82, 2.24) is 14.7 Å². The highest BCUT2D eigenvalue weighted by atomic mass is 32.2. The number of carbonyl (C=O) groups is 2. The molecule has 3 fully saturated rings. The Morgan fingerprint density at radius 3 is 2.47 bits per heavy atom. The number of hydroxylamine groups is 2. The Morgan fingerprint density at radius 1 is 1.14 bits per heavy atom. The minimum Gasteiger partial charge on any atom is -0.312 e. The van der Waals surface area contributed by atoms with Crippen molar-refractivity contribution in [3.8, 4) is 0 Å². The number of aliphatic imine (C=N–C) groups is 1. The molecular formula is C28H40N4O3S. The summed E-state index contributed by atoms with van der Waals surface area (Å²) in [7, 11) is 0. The second-order valence-corrected chi connectivity index (χ2v) is 12.3. The quantitative estimate of drug-likeness (QED) is 0.570. The summed E-state index contributed by atoms with van der Waals surface area (Å²) in [5.74, 6) is 3.27. The maximum atomic E-state index is 12.9. The first-order valence-electron chi connectivity index (χ1n) is 13.7. The molecule has 1 N–H and O–H groups in total. The molecule has 0 unspecified atom stereocenters. The van der Waals surface area contributed by atoms with Gasteiger partial charge in [-0.2, -0.15) is 0 Å². The van der Waals surface area contributed by atoms with Gasteiger partial charge in [0.05, 0.1) is 13.2 Å². The maximum Gasteiger partial charge on any atom is 0.277 e. The zero-order valence-corrected chi connectivity index (χ0v) is 22.8. The molecule has 1 spiro atoms. The lowest BCUT2D eigenvalue weighted by Crippen LogP contribution is -2.47. The Morgan fingerprint density at radius 2 is 1.83 bits per heavy atom. The number of hydrogen-bond donors (Lipinski definition) is 1. The first kappa shape index (κ1) is 25.7. The van der Waals surface area contributed by atoms with Gasteiger partial charge in [-0.3, -0.25) is 23.7 Å². The standard InChI is InChI=1S/C28H40N4O3S/c1-19-5-7-22(8-6-19)25-29-27(34)28(30-25)10-13-31(14-11-28)36-16-9-24-20(2)17-23(18-21(24)3)26(33)32-12-4-15-35-32/h17-19,22H,4-16H2,1-3H3,(H,29,30,34). The monoisotopic (exact) mass is 512 g/mol. The van der Waals surface area contributed by atoms with Gasteiger partial charge in [-0.25, -0.2) is 5.06 Å². The number of nitrogens with zero attached hydrogens (tertiary/aromatic N) is 3. The lowest BCUT2D eigenvalue weighted by Gasteiger charge is -2.34. The van der Waals surface area contributed by atoms with Crippen LogP contribution in [-0.4, -0.2) is 64.6 Å². The number of benzene rings is 1. The molecule has 1 saturated carbocycles. The van der Waals surface area contributed by atoms with Crippen LogP contribution in [0.4, 0.5) is 0 Å². The van der Waals surface area contributed by atoms with Crippen LogP contribution in [0.5, 0.6) is 0 Å². The van der Waals surface area contributed by atoms with Gasteiger partial charge in [-0.1, -0.05) is 31.7 Å². The maximum absolute atomic E-state index is 12.9. The molecule has 3 heterocycles. The third-order valence-corrected chi connectivity index (χ3v) is 9.62. The summed E-state index contributed by atoms with van der Waals surface area (Å²) in [5.41, 5.74) is 3.82. The molecule has 0 atom stereocenters. The van der Waals surface area contributed by atoms with Crippen LogP contribution in [0, 0.1) is 25.7 Å². The topological polar surface area (TPSA) is 74.2 Å². The fourth-order valence-electron chi connectivity index (χ4n) is 6.13. The number of carbonyl (C=O) groups excluding carboxylic acids is 2. The van der Waals surface area contributed by atoms with Crippen molar-refractivity contribution in [2.24, 2.45) is 16.8 Å². The molecular weight excluding hydrogens is 472 g/mol. The Bertz CT molecular complexity index is 997. The van der Waals surface area contributed by atoms with E-state index in [1.165, 1.54) is 23.5 Å². The molecule has 8 heteroatoms. The van der Waals surface area contributed by atoms with Gasteiger partial charge in [0.25, 0.3) is 11.8 Å². The molecule has 1 aromatic rings. The summed E-state index contributed by atoms with van der Waals surface area (Å²) in [5, 5.41) is 4.66. The Labute approximate surface area is 219 Å². The van der Waals surface area contributed by atoms with E-state index in [-0.39, 0.29) is 11.8 Å². The highest BCUT2D eigenvalue weighted by Gasteiger charge is 2.47. The van der Waals surface area contributed by atoms with Gasteiger partial charge < -0.3 is 5.32 Å². The predicted octanol–water partition coefficient (Wildman–Crippen LogP) is 4.46. The largest absolute Gasteiger partial charge is 0.312 e. The predicted molar refractivity (Wildman–Crippen MR) is 144 cm³/mol. The van der Waals surface area contributed by atoms with Crippen molar-refractivity contribution >= 4 is 29.6 Å². The molecule has 36 heavy (non-hydrogen) atoms. The van der Waals surface area contributed by atoms with E-state index in [0.717, 1.165) is 80.2 Å². The number of nitrogens with one attached hydrogen (secondary N) is 1. The molecule has 1 aliphatic carbocycles. The van der Waals surface area contributed by atoms with Crippen LogP contribution in [0.15, 0.2) is 17.1 Å². The Hall–Kier alpha value is -1.90. The fraction of sp³-hybridized carbons (Fsp3) is 0.679. The molecule has 7 nitrogen and oxygen atoms in total. The van der Waals surface area contributed by atoms with E-state index in [1.807, 2.05) is 24.1 Å². The van der Waals surface area contributed by atoms with Gasteiger partial charge in [0.2, 0.25) is 0 Å². The van der Waals surface area contributed by atoms with Crippen molar-refractivity contribution < 1.29 is 14.4 Å². The van der Waals surface area contributed by atoms with Gasteiger partial charge in [-0.05, 0) is 87.1 Å². The first-order valence-corrected chi connectivity index (χ1v) is 14.6. The van der Waals surface area contributed by atoms with E-state index in [9.17, 15) is 9.59 Å². The number of amidine groups is 1.